The zero-order chi connectivity index (χ0) is 19.1. The largest absolute Gasteiger partial charge is 0.381 e. The Bertz CT molecular complexity index is 271. The van der Waals surface area contributed by atoms with E-state index in [1.165, 1.54) is 109 Å². The molecule has 0 aliphatic carbocycles. The number of hydrogen-bond acceptors (Lipinski definition) is 1. The van der Waals surface area contributed by atoms with Crippen molar-refractivity contribution in [2.24, 2.45) is 5.92 Å². The molecule has 1 atom stereocenters. The SMILES string of the molecule is CCCCCCCC/C=C/CCCCCCCOCC(CC)CCCC. The molecule has 0 N–H and O–H groups in total. The third-order valence-corrected chi connectivity index (χ3v) is 5.45. The van der Waals surface area contributed by atoms with Crippen LogP contribution in [-0.2, 0) is 4.74 Å². The van der Waals surface area contributed by atoms with Crippen LogP contribution in [0.4, 0.5) is 0 Å². The third-order valence-electron chi connectivity index (χ3n) is 5.45. The quantitative estimate of drug-likeness (QED) is 0.145. The Balaban J connectivity index is 3.20. The normalized spacial score (nSPS) is 12.9. The van der Waals surface area contributed by atoms with Crippen LogP contribution in [0.1, 0.15) is 130 Å². The van der Waals surface area contributed by atoms with Crippen LogP contribution in [0, 0.1) is 5.92 Å². The highest BCUT2D eigenvalue weighted by Gasteiger charge is 2.05. The van der Waals surface area contributed by atoms with E-state index in [1.807, 2.05) is 0 Å². The van der Waals surface area contributed by atoms with Crippen LogP contribution in [0.5, 0.6) is 0 Å². The standard InChI is InChI=1S/C25H50O/c1-4-7-9-10-11-12-13-14-15-16-17-18-19-20-21-23-26-24-25(6-3)22-8-5-2/h14-15,25H,4-13,16-24H2,1-3H3/b15-14+. The third kappa shape index (κ3) is 20.0. The summed E-state index contributed by atoms with van der Waals surface area (Å²) in [7, 11) is 0. The van der Waals surface area contributed by atoms with Gasteiger partial charge in [0.15, 0.2) is 0 Å². The minimum atomic E-state index is 0.790. The lowest BCUT2D eigenvalue weighted by atomic mass is 10.0. The second kappa shape index (κ2) is 22.7. The molecule has 0 aliphatic heterocycles. The Morgan fingerprint density at radius 2 is 1.15 bits per heavy atom. The first-order valence-electron chi connectivity index (χ1n) is 12.1. The fraction of sp³-hybridized carbons (Fsp3) is 0.920. The van der Waals surface area contributed by atoms with Crippen LogP contribution >= 0.6 is 0 Å². The van der Waals surface area contributed by atoms with Crippen molar-refractivity contribution in [1.82, 2.24) is 0 Å². The van der Waals surface area contributed by atoms with Crippen LogP contribution in [-0.4, -0.2) is 13.2 Å². The molecule has 0 saturated heterocycles. The topological polar surface area (TPSA) is 9.23 Å². The van der Waals surface area contributed by atoms with Gasteiger partial charge in [0.25, 0.3) is 0 Å². The summed E-state index contributed by atoms with van der Waals surface area (Å²) in [6, 6.07) is 0. The van der Waals surface area contributed by atoms with Gasteiger partial charge in [-0.05, 0) is 44.4 Å². The lowest BCUT2D eigenvalue weighted by molar-refractivity contribution is 0.0908. The molecule has 0 rings (SSSR count). The summed E-state index contributed by atoms with van der Waals surface area (Å²) in [6.07, 6.45) is 27.8. The molecule has 0 aliphatic rings. The van der Waals surface area contributed by atoms with Crippen molar-refractivity contribution in [3.05, 3.63) is 12.2 Å². The van der Waals surface area contributed by atoms with E-state index in [0.717, 1.165) is 19.1 Å². The van der Waals surface area contributed by atoms with Gasteiger partial charge < -0.3 is 4.74 Å². The Kier molecular flexibility index (Phi) is 22.5. The van der Waals surface area contributed by atoms with E-state index in [0.29, 0.717) is 0 Å². The molecule has 0 aromatic rings. The van der Waals surface area contributed by atoms with E-state index in [-0.39, 0.29) is 0 Å². The number of allylic oxidation sites excluding steroid dienone is 2. The van der Waals surface area contributed by atoms with Crippen LogP contribution in [0.15, 0.2) is 12.2 Å². The van der Waals surface area contributed by atoms with E-state index in [4.69, 9.17) is 4.74 Å². The zero-order valence-electron chi connectivity index (χ0n) is 18.6. The molecule has 0 aromatic carbocycles. The van der Waals surface area contributed by atoms with Gasteiger partial charge in [0.05, 0.1) is 0 Å². The molecular weight excluding hydrogens is 316 g/mol. The number of unbranched alkanes of at least 4 members (excludes halogenated alkanes) is 12. The molecule has 1 heteroatoms. The van der Waals surface area contributed by atoms with Gasteiger partial charge in [-0.3, -0.25) is 0 Å². The van der Waals surface area contributed by atoms with Gasteiger partial charge >= 0.3 is 0 Å². The molecule has 0 spiro atoms. The average molecular weight is 367 g/mol. The highest BCUT2D eigenvalue weighted by Crippen LogP contribution is 2.13. The van der Waals surface area contributed by atoms with Gasteiger partial charge in [-0.25, -0.2) is 0 Å². The Morgan fingerprint density at radius 1 is 0.615 bits per heavy atom. The van der Waals surface area contributed by atoms with Crippen LogP contribution < -0.4 is 0 Å². The molecule has 0 aromatic heterocycles. The van der Waals surface area contributed by atoms with E-state index in [9.17, 15) is 0 Å². The van der Waals surface area contributed by atoms with Crippen molar-refractivity contribution in [2.75, 3.05) is 13.2 Å². The molecular formula is C25H50O. The van der Waals surface area contributed by atoms with Crippen LogP contribution in [0.25, 0.3) is 0 Å². The average Bonchev–Trinajstić information content (AvgIpc) is 2.66. The molecule has 0 radical (unpaired) electrons. The summed E-state index contributed by atoms with van der Waals surface area (Å²) in [4.78, 5) is 0. The highest BCUT2D eigenvalue weighted by molar-refractivity contribution is 4.81. The first-order valence-corrected chi connectivity index (χ1v) is 12.1. The maximum absolute atomic E-state index is 5.89. The van der Waals surface area contributed by atoms with Gasteiger partial charge in [-0.1, -0.05) is 104 Å². The van der Waals surface area contributed by atoms with Crippen LogP contribution in [0.3, 0.4) is 0 Å². The Hall–Kier alpha value is -0.300. The predicted molar refractivity (Wildman–Crippen MR) is 119 cm³/mol. The second-order valence-corrected chi connectivity index (χ2v) is 8.08. The Labute approximate surface area is 166 Å². The minimum Gasteiger partial charge on any atom is -0.381 e. The number of ether oxygens (including phenoxy) is 1. The molecule has 0 amide bonds. The van der Waals surface area contributed by atoms with E-state index >= 15 is 0 Å². The summed E-state index contributed by atoms with van der Waals surface area (Å²) in [5.74, 6) is 0.790. The van der Waals surface area contributed by atoms with E-state index in [1.54, 1.807) is 0 Å². The van der Waals surface area contributed by atoms with Gasteiger partial charge in [0, 0.05) is 13.2 Å². The summed E-state index contributed by atoms with van der Waals surface area (Å²) in [5.41, 5.74) is 0. The smallest absolute Gasteiger partial charge is 0.0494 e. The molecule has 0 bridgehead atoms. The van der Waals surface area contributed by atoms with Gasteiger partial charge in [-0.2, -0.15) is 0 Å². The monoisotopic (exact) mass is 366 g/mol. The summed E-state index contributed by atoms with van der Waals surface area (Å²) < 4.78 is 5.89. The van der Waals surface area contributed by atoms with E-state index < -0.39 is 0 Å². The fourth-order valence-corrected chi connectivity index (χ4v) is 3.42. The molecule has 0 fully saturated rings. The van der Waals surface area contributed by atoms with Crippen molar-refractivity contribution >= 4 is 0 Å². The molecule has 1 nitrogen and oxygen atoms in total. The van der Waals surface area contributed by atoms with Crippen molar-refractivity contribution < 1.29 is 4.74 Å². The van der Waals surface area contributed by atoms with Crippen molar-refractivity contribution in [3.63, 3.8) is 0 Å². The molecule has 26 heavy (non-hydrogen) atoms. The summed E-state index contributed by atoms with van der Waals surface area (Å²) >= 11 is 0. The maximum Gasteiger partial charge on any atom is 0.0494 e. The lowest BCUT2D eigenvalue weighted by Crippen LogP contribution is -2.09. The highest BCUT2D eigenvalue weighted by atomic mass is 16.5. The second-order valence-electron chi connectivity index (χ2n) is 8.08. The van der Waals surface area contributed by atoms with Crippen molar-refractivity contribution in [2.45, 2.75) is 130 Å². The number of rotatable bonds is 21. The molecule has 0 heterocycles. The molecule has 156 valence electrons. The summed E-state index contributed by atoms with van der Waals surface area (Å²) in [5, 5.41) is 0. The van der Waals surface area contributed by atoms with Crippen molar-refractivity contribution in [3.8, 4) is 0 Å². The van der Waals surface area contributed by atoms with Gasteiger partial charge in [-0.15, -0.1) is 0 Å². The first-order chi connectivity index (χ1) is 12.8. The lowest BCUT2D eigenvalue weighted by Gasteiger charge is -2.14. The van der Waals surface area contributed by atoms with Gasteiger partial charge in [0.1, 0.15) is 0 Å². The zero-order valence-corrected chi connectivity index (χ0v) is 18.6. The minimum absolute atomic E-state index is 0.790. The van der Waals surface area contributed by atoms with Crippen LogP contribution in [0.2, 0.25) is 0 Å². The molecule has 1 unspecified atom stereocenters. The number of hydrogen-bond donors (Lipinski definition) is 0. The van der Waals surface area contributed by atoms with E-state index in [2.05, 4.69) is 32.9 Å². The van der Waals surface area contributed by atoms with Gasteiger partial charge in [0.2, 0.25) is 0 Å². The summed E-state index contributed by atoms with van der Waals surface area (Å²) in [6.45, 7) is 8.82. The molecule has 0 saturated carbocycles. The Morgan fingerprint density at radius 3 is 1.73 bits per heavy atom. The maximum atomic E-state index is 5.89. The first kappa shape index (κ1) is 25.7. The predicted octanol–water partition coefficient (Wildman–Crippen LogP) is 8.87. The fourth-order valence-electron chi connectivity index (χ4n) is 3.42. The van der Waals surface area contributed by atoms with Crippen molar-refractivity contribution in [1.29, 1.82) is 0 Å².